The summed E-state index contributed by atoms with van der Waals surface area (Å²) in [6.45, 7) is 14.2. The minimum absolute atomic E-state index is 0.0886. The minimum Gasteiger partial charge on any atom is -0.343 e. The van der Waals surface area contributed by atoms with Gasteiger partial charge >= 0.3 is 0 Å². The zero-order valence-electron chi connectivity index (χ0n) is 23.1. The first-order chi connectivity index (χ1) is 16.3. The van der Waals surface area contributed by atoms with Crippen LogP contribution >= 0.6 is 0 Å². The average molecular weight is 538 g/mol. The number of sulfonamides is 2. The quantitative estimate of drug-likeness (QED) is 0.532. The summed E-state index contributed by atoms with van der Waals surface area (Å²) in [5.74, 6) is 0.443. The van der Waals surface area contributed by atoms with Crippen LogP contribution in [-0.2, 0) is 32.0 Å². The standard InChI is InChI=1S/C27H43N3O4S2/c1-19-25(35(28,31)32)17-24(30(19)18-20-12-10-9-11-13-20)21-14-22(26(2,3)4)16-23(15-21)36(33,34)29(8)27(5,6)7/h14-17,20H,9-13,18H2,1-8H3,(H2,28,31,32). The van der Waals surface area contributed by atoms with E-state index in [0.717, 1.165) is 18.4 Å². The van der Waals surface area contributed by atoms with Gasteiger partial charge < -0.3 is 4.57 Å². The molecule has 1 heterocycles. The van der Waals surface area contributed by atoms with Crippen LogP contribution in [0.4, 0.5) is 0 Å². The van der Waals surface area contributed by atoms with E-state index < -0.39 is 25.6 Å². The molecule has 1 fully saturated rings. The first-order valence-electron chi connectivity index (χ1n) is 12.7. The topological polar surface area (TPSA) is 102 Å². The van der Waals surface area contributed by atoms with Crippen LogP contribution in [-0.4, -0.2) is 38.3 Å². The molecule has 2 N–H and O–H groups in total. The second-order valence-corrected chi connectivity index (χ2v) is 15.8. The maximum Gasteiger partial charge on any atom is 0.243 e. The molecule has 0 aliphatic heterocycles. The van der Waals surface area contributed by atoms with Crippen LogP contribution in [0.25, 0.3) is 11.3 Å². The second kappa shape index (κ2) is 9.89. The summed E-state index contributed by atoms with van der Waals surface area (Å²) >= 11 is 0. The smallest absolute Gasteiger partial charge is 0.243 e. The van der Waals surface area contributed by atoms with E-state index in [1.165, 1.54) is 23.6 Å². The van der Waals surface area contributed by atoms with Crippen molar-refractivity contribution in [2.24, 2.45) is 11.1 Å². The van der Waals surface area contributed by atoms with Gasteiger partial charge in [-0.3, -0.25) is 0 Å². The predicted octanol–water partition coefficient (Wildman–Crippen LogP) is 5.41. The van der Waals surface area contributed by atoms with Gasteiger partial charge in [0.25, 0.3) is 0 Å². The summed E-state index contributed by atoms with van der Waals surface area (Å²) in [6.07, 6.45) is 5.76. The zero-order valence-corrected chi connectivity index (χ0v) is 24.7. The van der Waals surface area contributed by atoms with Crippen LogP contribution in [0.1, 0.15) is 84.9 Å². The Balaban J connectivity index is 2.29. The van der Waals surface area contributed by atoms with Crippen molar-refractivity contribution in [1.82, 2.24) is 8.87 Å². The fourth-order valence-electron chi connectivity index (χ4n) is 4.86. The van der Waals surface area contributed by atoms with Crippen LogP contribution in [0, 0.1) is 12.8 Å². The molecule has 36 heavy (non-hydrogen) atoms. The first kappa shape index (κ1) is 28.9. The molecular formula is C27H43N3O4S2. The van der Waals surface area contributed by atoms with E-state index in [-0.39, 0.29) is 15.2 Å². The Labute approximate surface area is 218 Å². The number of hydrogen-bond donors (Lipinski definition) is 1. The van der Waals surface area contributed by atoms with Crippen molar-refractivity contribution < 1.29 is 16.8 Å². The third-order valence-corrected chi connectivity index (χ3v) is 10.6. The fraction of sp³-hybridized carbons (Fsp3) is 0.630. The van der Waals surface area contributed by atoms with Crippen molar-refractivity contribution in [2.45, 2.75) is 108 Å². The Morgan fingerprint density at radius 3 is 2.03 bits per heavy atom. The number of benzene rings is 1. The molecule has 1 saturated carbocycles. The van der Waals surface area contributed by atoms with Gasteiger partial charge in [0.15, 0.2) is 0 Å². The molecule has 0 spiro atoms. The normalized spacial score (nSPS) is 16.6. The number of nitrogens with two attached hydrogens (primary N) is 1. The SMILES string of the molecule is Cc1c(S(N)(=O)=O)cc(-c2cc(C(C)(C)C)cc(S(=O)(=O)N(C)C(C)(C)C)c2)n1CC1CCCCC1. The highest BCUT2D eigenvalue weighted by Gasteiger charge is 2.32. The molecule has 0 atom stereocenters. The van der Waals surface area contributed by atoms with Gasteiger partial charge in [-0.25, -0.2) is 22.0 Å². The van der Waals surface area contributed by atoms with Gasteiger partial charge in [0.05, 0.1) is 4.90 Å². The molecule has 3 rings (SSSR count). The summed E-state index contributed by atoms with van der Waals surface area (Å²) in [5, 5.41) is 5.59. The van der Waals surface area contributed by atoms with E-state index in [4.69, 9.17) is 5.14 Å². The third-order valence-electron chi connectivity index (χ3n) is 7.46. The molecule has 202 valence electrons. The molecule has 2 aromatic rings. The lowest BCUT2D eigenvalue weighted by atomic mass is 9.86. The monoisotopic (exact) mass is 537 g/mol. The highest BCUT2D eigenvalue weighted by atomic mass is 32.2. The van der Waals surface area contributed by atoms with Crippen LogP contribution in [0.5, 0.6) is 0 Å². The van der Waals surface area contributed by atoms with Crippen molar-refractivity contribution in [3.8, 4) is 11.3 Å². The minimum atomic E-state index is -3.94. The number of primary sulfonamides is 1. The van der Waals surface area contributed by atoms with Gasteiger partial charge in [-0.2, -0.15) is 4.31 Å². The highest BCUT2D eigenvalue weighted by molar-refractivity contribution is 7.89. The van der Waals surface area contributed by atoms with Crippen LogP contribution in [0.2, 0.25) is 0 Å². The van der Waals surface area contributed by atoms with Crippen LogP contribution in [0.3, 0.4) is 0 Å². The Hall–Kier alpha value is -1.68. The van der Waals surface area contributed by atoms with E-state index in [9.17, 15) is 16.8 Å². The molecule has 1 aromatic carbocycles. The summed E-state index contributed by atoms with van der Waals surface area (Å²) in [6, 6.07) is 7.00. The Morgan fingerprint density at radius 2 is 1.53 bits per heavy atom. The summed E-state index contributed by atoms with van der Waals surface area (Å²) < 4.78 is 55.7. The number of hydrogen-bond acceptors (Lipinski definition) is 4. The van der Waals surface area contributed by atoms with Crippen LogP contribution in [0.15, 0.2) is 34.1 Å². The van der Waals surface area contributed by atoms with Gasteiger partial charge in [0.1, 0.15) is 4.90 Å². The molecule has 1 aromatic heterocycles. The van der Waals surface area contributed by atoms with Gasteiger partial charge in [0.2, 0.25) is 20.0 Å². The lowest BCUT2D eigenvalue weighted by Gasteiger charge is -2.31. The molecule has 0 saturated heterocycles. The lowest BCUT2D eigenvalue weighted by molar-refractivity contribution is 0.291. The average Bonchev–Trinajstić information content (AvgIpc) is 3.09. The maximum absolute atomic E-state index is 13.7. The predicted molar refractivity (Wildman–Crippen MR) is 146 cm³/mol. The molecule has 1 aliphatic rings. The molecule has 7 nitrogen and oxygen atoms in total. The lowest BCUT2D eigenvalue weighted by Crippen LogP contribution is -2.42. The van der Waals surface area contributed by atoms with Gasteiger partial charge in [-0.05, 0) is 87.3 Å². The second-order valence-electron chi connectivity index (χ2n) is 12.3. The number of rotatable bonds is 6. The van der Waals surface area contributed by atoms with E-state index in [1.54, 1.807) is 32.2 Å². The van der Waals surface area contributed by atoms with Crippen LogP contribution < -0.4 is 5.14 Å². The summed E-state index contributed by atoms with van der Waals surface area (Å²) in [7, 11) is -6.15. The number of nitrogens with zero attached hydrogens (tertiary/aromatic N) is 2. The van der Waals surface area contributed by atoms with Crippen molar-refractivity contribution in [3.05, 3.63) is 35.5 Å². The molecule has 0 amide bonds. The molecule has 1 aliphatic carbocycles. The maximum atomic E-state index is 13.7. The van der Waals surface area contributed by atoms with Crippen molar-refractivity contribution in [2.75, 3.05) is 7.05 Å². The molecular weight excluding hydrogens is 494 g/mol. The fourth-order valence-corrected chi connectivity index (χ4v) is 7.25. The van der Waals surface area contributed by atoms with Gasteiger partial charge in [0, 0.05) is 30.5 Å². The summed E-state index contributed by atoms with van der Waals surface area (Å²) in [5.41, 5.74) is 1.89. The first-order valence-corrected chi connectivity index (χ1v) is 15.7. The highest BCUT2D eigenvalue weighted by Crippen LogP contribution is 2.37. The third kappa shape index (κ3) is 6.06. The van der Waals surface area contributed by atoms with Gasteiger partial charge in [-0.1, -0.05) is 40.0 Å². The number of aromatic nitrogens is 1. The zero-order chi connectivity index (χ0) is 27.3. The van der Waals surface area contributed by atoms with E-state index in [1.807, 2.05) is 52.2 Å². The Kier molecular flexibility index (Phi) is 7.94. The van der Waals surface area contributed by atoms with E-state index >= 15 is 0 Å². The Bertz CT molecular complexity index is 1320. The Morgan fingerprint density at radius 1 is 0.944 bits per heavy atom. The van der Waals surface area contributed by atoms with Gasteiger partial charge in [-0.15, -0.1) is 0 Å². The molecule has 9 heteroatoms. The van der Waals surface area contributed by atoms with Crippen molar-refractivity contribution in [1.29, 1.82) is 0 Å². The largest absolute Gasteiger partial charge is 0.343 e. The molecule has 0 radical (unpaired) electrons. The molecule has 0 unspecified atom stereocenters. The van der Waals surface area contributed by atoms with Crippen molar-refractivity contribution >= 4 is 20.0 Å². The molecule has 0 bridgehead atoms. The summed E-state index contributed by atoms with van der Waals surface area (Å²) in [4.78, 5) is 0.285. The van der Waals surface area contributed by atoms with Crippen molar-refractivity contribution in [3.63, 3.8) is 0 Å². The van der Waals surface area contributed by atoms with E-state index in [0.29, 0.717) is 29.4 Å². The van der Waals surface area contributed by atoms with E-state index in [2.05, 4.69) is 0 Å².